The van der Waals surface area contributed by atoms with Crippen LogP contribution in [0.4, 0.5) is 0 Å². The standard InChI is InChI=1S/C14H17BrN2/c1-9(2)13-12(15)14(17(4)16-13)11-7-5-10(3)6-8-11/h5-9H,1-4H3. The van der Waals surface area contributed by atoms with Gasteiger partial charge in [-0.15, -0.1) is 0 Å². The molecule has 0 aliphatic carbocycles. The van der Waals surface area contributed by atoms with Crippen LogP contribution in [0, 0.1) is 6.92 Å². The Balaban J connectivity index is 2.56. The van der Waals surface area contributed by atoms with Crippen molar-refractivity contribution in [2.24, 2.45) is 7.05 Å². The molecule has 0 saturated carbocycles. The zero-order valence-electron chi connectivity index (χ0n) is 10.7. The fourth-order valence-corrected chi connectivity index (χ4v) is 2.94. The summed E-state index contributed by atoms with van der Waals surface area (Å²) < 4.78 is 3.06. The first-order chi connectivity index (χ1) is 8.00. The van der Waals surface area contributed by atoms with Gasteiger partial charge in [-0.2, -0.15) is 5.10 Å². The quantitative estimate of drug-likeness (QED) is 0.808. The molecule has 1 aromatic heterocycles. The van der Waals surface area contributed by atoms with E-state index in [1.807, 2.05) is 11.7 Å². The summed E-state index contributed by atoms with van der Waals surface area (Å²) in [6.07, 6.45) is 0. The minimum atomic E-state index is 0.426. The van der Waals surface area contributed by atoms with Gasteiger partial charge in [0.15, 0.2) is 0 Å². The first kappa shape index (κ1) is 12.4. The Hall–Kier alpha value is -1.09. The van der Waals surface area contributed by atoms with Gasteiger partial charge in [0.2, 0.25) is 0 Å². The lowest BCUT2D eigenvalue weighted by molar-refractivity contribution is 0.717. The van der Waals surface area contributed by atoms with Crippen LogP contribution in [-0.2, 0) is 7.05 Å². The lowest BCUT2D eigenvalue weighted by atomic mass is 10.1. The monoisotopic (exact) mass is 292 g/mol. The lowest BCUT2D eigenvalue weighted by Gasteiger charge is -2.04. The maximum absolute atomic E-state index is 4.58. The van der Waals surface area contributed by atoms with Crippen molar-refractivity contribution in [2.45, 2.75) is 26.7 Å². The topological polar surface area (TPSA) is 17.8 Å². The van der Waals surface area contributed by atoms with Crippen LogP contribution in [-0.4, -0.2) is 9.78 Å². The maximum atomic E-state index is 4.58. The largest absolute Gasteiger partial charge is 0.266 e. The van der Waals surface area contributed by atoms with Crippen LogP contribution in [0.5, 0.6) is 0 Å². The van der Waals surface area contributed by atoms with Crippen molar-refractivity contribution in [3.8, 4) is 11.3 Å². The predicted molar refractivity (Wildman–Crippen MR) is 75.2 cm³/mol. The van der Waals surface area contributed by atoms with Gasteiger partial charge in [0.05, 0.1) is 15.9 Å². The number of nitrogens with zero attached hydrogens (tertiary/aromatic N) is 2. The zero-order valence-corrected chi connectivity index (χ0v) is 12.2. The highest BCUT2D eigenvalue weighted by atomic mass is 79.9. The Labute approximate surface area is 111 Å². The molecule has 0 aliphatic rings. The zero-order chi connectivity index (χ0) is 12.6. The van der Waals surface area contributed by atoms with E-state index in [1.54, 1.807) is 0 Å². The summed E-state index contributed by atoms with van der Waals surface area (Å²) in [6.45, 7) is 6.42. The molecule has 0 spiro atoms. The Morgan fingerprint density at radius 3 is 2.24 bits per heavy atom. The highest BCUT2D eigenvalue weighted by Gasteiger charge is 2.17. The van der Waals surface area contributed by atoms with Gasteiger partial charge in [0.25, 0.3) is 0 Å². The number of benzene rings is 1. The summed E-state index contributed by atoms with van der Waals surface area (Å²) in [5.74, 6) is 0.426. The van der Waals surface area contributed by atoms with Crippen LogP contribution in [0.25, 0.3) is 11.3 Å². The summed E-state index contributed by atoms with van der Waals surface area (Å²) in [7, 11) is 1.99. The second kappa shape index (κ2) is 4.65. The molecule has 90 valence electrons. The van der Waals surface area contributed by atoms with Gasteiger partial charge < -0.3 is 0 Å². The number of hydrogen-bond acceptors (Lipinski definition) is 1. The van der Waals surface area contributed by atoms with Gasteiger partial charge >= 0.3 is 0 Å². The molecule has 1 aromatic carbocycles. The van der Waals surface area contributed by atoms with E-state index in [1.165, 1.54) is 11.1 Å². The third-order valence-electron chi connectivity index (χ3n) is 2.89. The average Bonchev–Trinajstić information content (AvgIpc) is 2.56. The van der Waals surface area contributed by atoms with Crippen molar-refractivity contribution in [3.63, 3.8) is 0 Å². The van der Waals surface area contributed by atoms with Gasteiger partial charge in [-0.3, -0.25) is 4.68 Å². The van der Waals surface area contributed by atoms with Crippen LogP contribution >= 0.6 is 15.9 Å². The second-order valence-electron chi connectivity index (χ2n) is 4.69. The first-order valence-corrected chi connectivity index (χ1v) is 6.59. The third-order valence-corrected chi connectivity index (χ3v) is 3.67. The van der Waals surface area contributed by atoms with Crippen LogP contribution in [0.3, 0.4) is 0 Å². The van der Waals surface area contributed by atoms with Crippen LogP contribution in [0.1, 0.15) is 31.0 Å². The highest BCUT2D eigenvalue weighted by molar-refractivity contribution is 9.10. The lowest BCUT2D eigenvalue weighted by Crippen LogP contribution is -1.95. The van der Waals surface area contributed by atoms with E-state index >= 15 is 0 Å². The van der Waals surface area contributed by atoms with Crippen LogP contribution < -0.4 is 0 Å². The molecule has 0 aliphatic heterocycles. The summed E-state index contributed by atoms with van der Waals surface area (Å²) in [5, 5.41) is 4.58. The molecule has 0 bridgehead atoms. The summed E-state index contributed by atoms with van der Waals surface area (Å²) in [4.78, 5) is 0. The van der Waals surface area contributed by atoms with Crippen molar-refractivity contribution in [1.82, 2.24) is 9.78 Å². The Kier molecular flexibility index (Phi) is 3.38. The fourth-order valence-electron chi connectivity index (χ4n) is 1.91. The summed E-state index contributed by atoms with van der Waals surface area (Å²) in [5.41, 5.74) is 4.73. The van der Waals surface area contributed by atoms with Crippen molar-refractivity contribution < 1.29 is 0 Å². The van der Waals surface area contributed by atoms with Gasteiger partial charge in [0.1, 0.15) is 0 Å². The van der Waals surface area contributed by atoms with E-state index in [0.29, 0.717) is 5.92 Å². The van der Waals surface area contributed by atoms with Gasteiger partial charge in [-0.25, -0.2) is 0 Å². The van der Waals surface area contributed by atoms with Crippen molar-refractivity contribution in [1.29, 1.82) is 0 Å². The normalized spacial score (nSPS) is 11.2. The summed E-state index contributed by atoms with van der Waals surface area (Å²) in [6, 6.07) is 8.54. The molecular weight excluding hydrogens is 276 g/mol. The van der Waals surface area contributed by atoms with Crippen molar-refractivity contribution in [2.75, 3.05) is 0 Å². The maximum Gasteiger partial charge on any atom is 0.0824 e. The minimum absolute atomic E-state index is 0.426. The molecule has 0 fully saturated rings. The van der Waals surface area contributed by atoms with E-state index in [0.717, 1.165) is 15.9 Å². The second-order valence-corrected chi connectivity index (χ2v) is 5.49. The molecule has 1 heterocycles. The fraction of sp³-hybridized carbons (Fsp3) is 0.357. The molecule has 0 saturated heterocycles. The number of rotatable bonds is 2. The first-order valence-electron chi connectivity index (χ1n) is 5.80. The molecule has 0 atom stereocenters. The summed E-state index contributed by atoms with van der Waals surface area (Å²) >= 11 is 3.67. The number of aromatic nitrogens is 2. The Bertz CT molecular complexity index is 524. The van der Waals surface area contributed by atoms with E-state index < -0.39 is 0 Å². The smallest absolute Gasteiger partial charge is 0.0824 e. The van der Waals surface area contributed by atoms with E-state index in [9.17, 15) is 0 Å². The molecule has 0 amide bonds. The SMILES string of the molecule is Cc1ccc(-c2c(Br)c(C(C)C)nn2C)cc1. The number of halogens is 1. The molecule has 2 rings (SSSR count). The van der Waals surface area contributed by atoms with Crippen molar-refractivity contribution >= 4 is 15.9 Å². The molecule has 2 aromatic rings. The minimum Gasteiger partial charge on any atom is -0.266 e. The molecule has 3 heteroatoms. The Morgan fingerprint density at radius 2 is 1.76 bits per heavy atom. The molecule has 0 unspecified atom stereocenters. The molecule has 2 nitrogen and oxygen atoms in total. The predicted octanol–water partition coefficient (Wildman–Crippen LogP) is 4.28. The molecule has 0 radical (unpaired) electrons. The molecular formula is C14H17BrN2. The molecule has 0 N–H and O–H groups in total. The van der Waals surface area contributed by atoms with E-state index in [-0.39, 0.29) is 0 Å². The number of hydrogen-bond donors (Lipinski definition) is 0. The van der Waals surface area contributed by atoms with Crippen LogP contribution in [0.15, 0.2) is 28.7 Å². The van der Waals surface area contributed by atoms with Crippen LogP contribution in [0.2, 0.25) is 0 Å². The van der Waals surface area contributed by atoms with E-state index in [2.05, 4.69) is 66.1 Å². The molecule has 17 heavy (non-hydrogen) atoms. The third kappa shape index (κ3) is 2.29. The van der Waals surface area contributed by atoms with Gasteiger partial charge in [0, 0.05) is 12.6 Å². The van der Waals surface area contributed by atoms with E-state index in [4.69, 9.17) is 0 Å². The number of aryl methyl sites for hydroxylation is 2. The Morgan fingerprint density at radius 1 is 1.18 bits per heavy atom. The van der Waals surface area contributed by atoms with Gasteiger partial charge in [-0.1, -0.05) is 43.7 Å². The average molecular weight is 293 g/mol. The van der Waals surface area contributed by atoms with Gasteiger partial charge in [-0.05, 0) is 28.8 Å². The van der Waals surface area contributed by atoms with Crippen molar-refractivity contribution in [3.05, 3.63) is 40.0 Å². The highest BCUT2D eigenvalue weighted by Crippen LogP contribution is 2.33.